The molecular weight excluding hydrogens is 383 g/mol. The molecule has 4 nitrogen and oxygen atoms in total. The summed E-state index contributed by atoms with van der Waals surface area (Å²) in [4.78, 5) is 29.3. The fraction of sp³-hybridized carbons (Fsp3) is 0.333. The minimum Gasteiger partial charge on any atom is -0.319 e. The highest BCUT2D eigenvalue weighted by Gasteiger charge is 2.46. The average Bonchev–Trinajstić information content (AvgIpc) is 2.89. The second-order valence-electron chi connectivity index (χ2n) is 6.77. The number of hydrogen-bond acceptors (Lipinski definition) is 2. The largest absolute Gasteiger partial charge is 0.319 e. The summed E-state index contributed by atoms with van der Waals surface area (Å²) < 4.78 is 0. The molecule has 2 atom stereocenters. The molecule has 1 aliphatic rings. The Kier molecular flexibility index (Phi) is 6.08. The molecule has 1 heterocycles. The van der Waals surface area contributed by atoms with Gasteiger partial charge in [0.05, 0.1) is 0 Å². The van der Waals surface area contributed by atoms with Gasteiger partial charge in [-0.25, -0.2) is 0 Å². The lowest BCUT2D eigenvalue weighted by Crippen LogP contribution is -2.40. The lowest BCUT2D eigenvalue weighted by atomic mass is 10.0. The molecule has 1 fully saturated rings. The molecular formula is C21H22Cl2N2O2. The molecule has 142 valence electrons. The molecule has 0 N–H and O–H groups in total. The van der Waals surface area contributed by atoms with Gasteiger partial charge in [0.2, 0.25) is 11.8 Å². The van der Waals surface area contributed by atoms with Crippen molar-refractivity contribution in [2.45, 2.75) is 38.4 Å². The van der Waals surface area contributed by atoms with Gasteiger partial charge in [0.15, 0.2) is 0 Å². The van der Waals surface area contributed by atoms with Crippen LogP contribution in [0.5, 0.6) is 0 Å². The zero-order valence-corrected chi connectivity index (χ0v) is 16.9. The number of likely N-dealkylation sites (N-methyl/N-ethyl adjacent to an activating group) is 1. The SMILES string of the molecule is CCCC(=O)N1C(Cc2ccc(Cl)cc2)C(=O)N(C)C1c1ccc(Cl)cc1. The first-order chi connectivity index (χ1) is 12.9. The smallest absolute Gasteiger partial charge is 0.247 e. The third kappa shape index (κ3) is 4.12. The Morgan fingerprint density at radius 1 is 1.00 bits per heavy atom. The molecule has 27 heavy (non-hydrogen) atoms. The van der Waals surface area contributed by atoms with Crippen molar-refractivity contribution < 1.29 is 9.59 Å². The molecule has 3 rings (SSSR count). The first kappa shape index (κ1) is 19.7. The monoisotopic (exact) mass is 404 g/mol. The van der Waals surface area contributed by atoms with E-state index in [4.69, 9.17) is 23.2 Å². The maximum Gasteiger partial charge on any atom is 0.247 e. The summed E-state index contributed by atoms with van der Waals surface area (Å²) in [5.74, 6) is -0.0801. The molecule has 6 heteroatoms. The molecule has 2 unspecified atom stereocenters. The lowest BCUT2D eigenvalue weighted by molar-refractivity contribution is -0.136. The Labute approximate surface area is 169 Å². The minimum absolute atomic E-state index is 0.0193. The van der Waals surface area contributed by atoms with E-state index in [0.29, 0.717) is 22.9 Å². The van der Waals surface area contributed by atoms with Gasteiger partial charge < -0.3 is 9.80 Å². The van der Waals surface area contributed by atoms with Crippen LogP contribution < -0.4 is 0 Å². The standard InChI is InChI=1S/C21H22Cl2N2O2/c1-3-4-19(26)25-18(13-14-5-9-16(22)10-6-14)21(27)24(2)20(25)15-7-11-17(23)12-8-15/h5-12,18,20H,3-4,13H2,1-2H3. The van der Waals surface area contributed by atoms with Gasteiger partial charge in [-0.3, -0.25) is 9.59 Å². The van der Waals surface area contributed by atoms with Crippen molar-refractivity contribution in [1.29, 1.82) is 0 Å². The van der Waals surface area contributed by atoms with Crippen molar-refractivity contribution in [1.82, 2.24) is 9.80 Å². The number of rotatable bonds is 5. The molecule has 0 bridgehead atoms. The van der Waals surface area contributed by atoms with Crippen molar-refractivity contribution in [3.8, 4) is 0 Å². The van der Waals surface area contributed by atoms with Gasteiger partial charge in [-0.2, -0.15) is 0 Å². The van der Waals surface area contributed by atoms with E-state index in [1.165, 1.54) is 0 Å². The maximum absolute atomic E-state index is 13.0. The van der Waals surface area contributed by atoms with Crippen LogP contribution >= 0.6 is 23.2 Å². The van der Waals surface area contributed by atoms with Crippen LogP contribution in [0.3, 0.4) is 0 Å². The molecule has 2 aromatic rings. The highest BCUT2D eigenvalue weighted by molar-refractivity contribution is 6.30. The molecule has 2 aromatic carbocycles. The average molecular weight is 405 g/mol. The van der Waals surface area contributed by atoms with E-state index in [9.17, 15) is 9.59 Å². The molecule has 0 aromatic heterocycles. The summed E-state index contributed by atoms with van der Waals surface area (Å²) in [6.07, 6.45) is 1.17. The van der Waals surface area contributed by atoms with Gasteiger partial charge in [-0.05, 0) is 41.8 Å². The van der Waals surface area contributed by atoms with Crippen molar-refractivity contribution in [2.75, 3.05) is 7.05 Å². The van der Waals surface area contributed by atoms with Crippen LogP contribution in [0, 0.1) is 0 Å². The van der Waals surface area contributed by atoms with Gasteiger partial charge in [0, 0.05) is 29.9 Å². The summed E-state index contributed by atoms with van der Waals surface area (Å²) in [6, 6.07) is 14.2. The number of carbonyl (C=O) groups excluding carboxylic acids is 2. The van der Waals surface area contributed by atoms with Gasteiger partial charge in [0.25, 0.3) is 0 Å². The van der Waals surface area contributed by atoms with Crippen LogP contribution in [0.25, 0.3) is 0 Å². The topological polar surface area (TPSA) is 40.6 Å². The Balaban J connectivity index is 1.97. The van der Waals surface area contributed by atoms with Crippen molar-refractivity contribution in [3.05, 3.63) is 69.7 Å². The van der Waals surface area contributed by atoms with Gasteiger partial charge in [-0.1, -0.05) is 54.4 Å². The van der Waals surface area contributed by atoms with Gasteiger partial charge in [0.1, 0.15) is 12.2 Å². The Bertz CT molecular complexity index is 821. The zero-order valence-electron chi connectivity index (χ0n) is 15.4. The van der Waals surface area contributed by atoms with Crippen LogP contribution in [0.4, 0.5) is 0 Å². The number of benzene rings is 2. The van der Waals surface area contributed by atoms with Crippen LogP contribution in [-0.2, 0) is 16.0 Å². The number of amides is 2. The van der Waals surface area contributed by atoms with Crippen LogP contribution in [0.15, 0.2) is 48.5 Å². The van der Waals surface area contributed by atoms with Crippen LogP contribution in [0.2, 0.25) is 10.0 Å². The van der Waals surface area contributed by atoms with Crippen LogP contribution in [-0.4, -0.2) is 34.7 Å². The van der Waals surface area contributed by atoms with Crippen LogP contribution in [0.1, 0.15) is 37.1 Å². The Morgan fingerprint density at radius 3 is 2.11 bits per heavy atom. The fourth-order valence-electron chi connectivity index (χ4n) is 3.53. The summed E-state index contributed by atoms with van der Waals surface area (Å²) in [5.41, 5.74) is 1.84. The fourth-order valence-corrected chi connectivity index (χ4v) is 3.79. The first-order valence-electron chi connectivity index (χ1n) is 9.00. The van der Waals surface area contributed by atoms with E-state index in [-0.39, 0.29) is 11.8 Å². The number of nitrogens with zero attached hydrogens (tertiary/aromatic N) is 2. The minimum atomic E-state index is -0.532. The molecule has 0 saturated carbocycles. The quantitative estimate of drug-likeness (QED) is 0.723. The number of halogens is 2. The van der Waals surface area contributed by atoms with E-state index in [1.807, 2.05) is 31.2 Å². The summed E-state index contributed by atoms with van der Waals surface area (Å²) in [5, 5.41) is 1.27. The predicted molar refractivity (Wildman–Crippen MR) is 108 cm³/mol. The second-order valence-corrected chi connectivity index (χ2v) is 7.64. The Morgan fingerprint density at radius 2 is 1.56 bits per heavy atom. The van der Waals surface area contributed by atoms with E-state index in [1.54, 1.807) is 41.1 Å². The summed E-state index contributed by atoms with van der Waals surface area (Å²) in [6.45, 7) is 1.96. The van der Waals surface area contributed by atoms with E-state index < -0.39 is 12.2 Å². The van der Waals surface area contributed by atoms with Crippen molar-refractivity contribution in [2.24, 2.45) is 0 Å². The molecule has 2 amide bonds. The van der Waals surface area contributed by atoms with Crippen molar-refractivity contribution in [3.63, 3.8) is 0 Å². The normalized spacial score (nSPS) is 19.6. The van der Waals surface area contributed by atoms with E-state index >= 15 is 0 Å². The summed E-state index contributed by atoms with van der Waals surface area (Å²) in [7, 11) is 1.75. The Hall–Kier alpha value is -2.04. The lowest BCUT2D eigenvalue weighted by Gasteiger charge is -2.30. The second kappa shape index (κ2) is 8.32. The number of hydrogen-bond donors (Lipinski definition) is 0. The van der Waals surface area contributed by atoms with E-state index in [0.717, 1.165) is 17.5 Å². The summed E-state index contributed by atoms with van der Waals surface area (Å²) >= 11 is 12.0. The van der Waals surface area contributed by atoms with Gasteiger partial charge >= 0.3 is 0 Å². The van der Waals surface area contributed by atoms with Gasteiger partial charge in [-0.15, -0.1) is 0 Å². The first-order valence-corrected chi connectivity index (χ1v) is 9.75. The van der Waals surface area contributed by atoms with E-state index in [2.05, 4.69) is 0 Å². The highest BCUT2D eigenvalue weighted by Crippen LogP contribution is 2.36. The molecule has 0 spiro atoms. The molecule has 0 aliphatic carbocycles. The molecule has 1 saturated heterocycles. The van der Waals surface area contributed by atoms with Crippen molar-refractivity contribution >= 4 is 35.0 Å². The maximum atomic E-state index is 13.0. The number of carbonyl (C=O) groups is 2. The highest BCUT2D eigenvalue weighted by atomic mass is 35.5. The molecule has 0 radical (unpaired) electrons. The predicted octanol–water partition coefficient (Wildman–Crippen LogP) is 4.70. The third-order valence-electron chi connectivity index (χ3n) is 4.86. The zero-order chi connectivity index (χ0) is 19.6. The third-order valence-corrected chi connectivity index (χ3v) is 5.37. The molecule has 1 aliphatic heterocycles.